The van der Waals surface area contributed by atoms with E-state index in [1.165, 1.54) is 7.11 Å². The van der Waals surface area contributed by atoms with Crippen molar-refractivity contribution in [2.75, 3.05) is 7.11 Å². The number of esters is 1. The maximum Gasteiger partial charge on any atom is 0.326 e. The van der Waals surface area contributed by atoms with E-state index in [4.69, 9.17) is 5.11 Å². The summed E-state index contributed by atoms with van der Waals surface area (Å²) in [5.41, 5.74) is 1.84. The van der Waals surface area contributed by atoms with E-state index in [-0.39, 0.29) is 19.3 Å². The first-order valence-corrected chi connectivity index (χ1v) is 6.57. The molecular formula is C15H19NO5. The van der Waals surface area contributed by atoms with Crippen LogP contribution in [0.25, 0.3) is 0 Å². The average molecular weight is 293 g/mol. The zero-order valence-corrected chi connectivity index (χ0v) is 12.1. The molecule has 2 N–H and O–H groups in total. The van der Waals surface area contributed by atoms with Crippen LogP contribution in [0.4, 0.5) is 0 Å². The minimum atomic E-state index is -1.17. The van der Waals surface area contributed by atoms with Crippen LogP contribution in [-0.4, -0.2) is 36.1 Å². The Morgan fingerprint density at radius 2 is 2.05 bits per heavy atom. The molecule has 21 heavy (non-hydrogen) atoms. The number of rotatable bonds is 7. The third-order valence-corrected chi connectivity index (χ3v) is 2.95. The maximum atomic E-state index is 11.9. The first kappa shape index (κ1) is 16.7. The van der Waals surface area contributed by atoms with Gasteiger partial charge in [0.2, 0.25) is 5.91 Å². The molecular weight excluding hydrogens is 274 g/mol. The smallest absolute Gasteiger partial charge is 0.326 e. The molecule has 6 nitrogen and oxygen atoms in total. The summed E-state index contributed by atoms with van der Waals surface area (Å²) in [7, 11) is 1.23. The highest BCUT2D eigenvalue weighted by molar-refractivity contribution is 5.85. The van der Waals surface area contributed by atoms with Gasteiger partial charge in [-0.25, -0.2) is 4.79 Å². The van der Waals surface area contributed by atoms with Crippen molar-refractivity contribution < 1.29 is 24.2 Å². The second kappa shape index (κ2) is 8.04. The van der Waals surface area contributed by atoms with Crippen LogP contribution in [-0.2, 0) is 25.5 Å². The Morgan fingerprint density at radius 3 is 2.62 bits per heavy atom. The molecule has 0 aliphatic heterocycles. The number of carbonyl (C=O) groups is 3. The third kappa shape index (κ3) is 6.07. The Kier molecular flexibility index (Phi) is 6.39. The molecule has 0 saturated heterocycles. The van der Waals surface area contributed by atoms with Gasteiger partial charge in [-0.15, -0.1) is 0 Å². The number of nitrogens with one attached hydrogen (secondary N) is 1. The predicted octanol–water partition coefficient (Wildman–Crippen LogP) is 1.06. The number of ether oxygens (including phenoxy) is 1. The van der Waals surface area contributed by atoms with Crippen molar-refractivity contribution >= 4 is 17.8 Å². The van der Waals surface area contributed by atoms with Gasteiger partial charge in [0.05, 0.1) is 13.5 Å². The van der Waals surface area contributed by atoms with Gasteiger partial charge >= 0.3 is 11.9 Å². The molecule has 114 valence electrons. The van der Waals surface area contributed by atoms with E-state index in [9.17, 15) is 14.4 Å². The lowest BCUT2D eigenvalue weighted by molar-refractivity contribution is -0.144. The van der Waals surface area contributed by atoms with Gasteiger partial charge in [-0.05, 0) is 18.9 Å². The number of methoxy groups -OCH3 is 1. The van der Waals surface area contributed by atoms with E-state index in [1.807, 2.05) is 25.1 Å². The van der Waals surface area contributed by atoms with Crippen LogP contribution in [0.5, 0.6) is 0 Å². The summed E-state index contributed by atoms with van der Waals surface area (Å²) in [6, 6.07) is 6.32. The number of carboxylic acids is 1. The minimum Gasteiger partial charge on any atom is -0.480 e. The van der Waals surface area contributed by atoms with E-state index in [0.29, 0.717) is 0 Å². The molecule has 0 spiro atoms. The van der Waals surface area contributed by atoms with Crippen molar-refractivity contribution in [3.8, 4) is 0 Å². The SMILES string of the molecule is COC(=O)CC[C@H](NC(=O)Cc1cccc(C)c1)C(=O)O. The topological polar surface area (TPSA) is 92.7 Å². The normalized spacial score (nSPS) is 11.5. The average Bonchev–Trinajstić information content (AvgIpc) is 2.42. The van der Waals surface area contributed by atoms with Crippen LogP contribution in [0.15, 0.2) is 24.3 Å². The lowest BCUT2D eigenvalue weighted by Crippen LogP contribution is -2.41. The van der Waals surface area contributed by atoms with Crippen LogP contribution in [0.2, 0.25) is 0 Å². The number of amides is 1. The lowest BCUT2D eigenvalue weighted by Gasteiger charge is -2.14. The Balaban J connectivity index is 2.56. The highest BCUT2D eigenvalue weighted by Crippen LogP contribution is 2.06. The van der Waals surface area contributed by atoms with Gasteiger partial charge in [0.25, 0.3) is 0 Å². The summed E-state index contributed by atoms with van der Waals surface area (Å²) in [5.74, 6) is -2.07. The first-order valence-electron chi connectivity index (χ1n) is 6.57. The van der Waals surface area contributed by atoms with Gasteiger partial charge in [-0.3, -0.25) is 9.59 Å². The van der Waals surface area contributed by atoms with Gasteiger partial charge in [-0.2, -0.15) is 0 Å². The molecule has 0 aliphatic rings. The standard InChI is InChI=1S/C15H19NO5/c1-10-4-3-5-11(8-10)9-13(17)16-12(15(19)20)6-7-14(18)21-2/h3-5,8,12H,6-7,9H2,1-2H3,(H,16,17)(H,19,20)/t12-/m0/s1. The van der Waals surface area contributed by atoms with E-state index in [2.05, 4.69) is 10.1 Å². The van der Waals surface area contributed by atoms with E-state index < -0.39 is 23.9 Å². The number of carboxylic acid groups (broad SMARTS) is 1. The second-order valence-corrected chi connectivity index (χ2v) is 4.74. The van der Waals surface area contributed by atoms with Crippen molar-refractivity contribution in [2.24, 2.45) is 0 Å². The van der Waals surface area contributed by atoms with E-state index in [1.54, 1.807) is 6.07 Å². The third-order valence-electron chi connectivity index (χ3n) is 2.95. The van der Waals surface area contributed by atoms with Gasteiger partial charge in [0.1, 0.15) is 6.04 Å². The Hall–Kier alpha value is -2.37. The minimum absolute atomic E-state index is 0.00155. The highest BCUT2D eigenvalue weighted by atomic mass is 16.5. The van der Waals surface area contributed by atoms with Crippen LogP contribution in [0.3, 0.4) is 0 Å². The monoisotopic (exact) mass is 293 g/mol. The zero-order valence-electron chi connectivity index (χ0n) is 12.1. The molecule has 0 radical (unpaired) electrons. The summed E-state index contributed by atoms with van der Waals surface area (Å²) in [6.45, 7) is 1.91. The Morgan fingerprint density at radius 1 is 1.33 bits per heavy atom. The molecule has 1 atom stereocenters. The van der Waals surface area contributed by atoms with E-state index >= 15 is 0 Å². The van der Waals surface area contributed by atoms with Crippen LogP contribution in [0.1, 0.15) is 24.0 Å². The van der Waals surface area contributed by atoms with Gasteiger partial charge in [0, 0.05) is 6.42 Å². The fourth-order valence-corrected chi connectivity index (χ4v) is 1.87. The summed E-state index contributed by atoms with van der Waals surface area (Å²) < 4.78 is 4.45. The maximum absolute atomic E-state index is 11.9. The summed E-state index contributed by atoms with van der Waals surface area (Å²) >= 11 is 0. The van der Waals surface area contributed by atoms with Crippen molar-refractivity contribution in [1.82, 2.24) is 5.32 Å². The Labute approximate surface area is 123 Å². The molecule has 0 bridgehead atoms. The Bertz CT molecular complexity index is 527. The fourth-order valence-electron chi connectivity index (χ4n) is 1.87. The van der Waals surface area contributed by atoms with Crippen molar-refractivity contribution in [1.29, 1.82) is 0 Å². The molecule has 1 aromatic carbocycles. The van der Waals surface area contributed by atoms with Crippen molar-refractivity contribution in [2.45, 2.75) is 32.2 Å². The zero-order chi connectivity index (χ0) is 15.8. The molecule has 0 fully saturated rings. The predicted molar refractivity (Wildman–Crippen MR) is 75.7 cm³/mol. The molecule has 1 aromatic rings. The first-order chi connectivity index (χ1) is 9.92. The molecule has 0 aliphatic carbocycles. The number of benzene rings is 1. The molecule has 0 saturated carbocycles. The van der Waals surface area contributed by atoms with Gasteiger partial charge in [0.15, 0.2) is 0 Å². The summed E-state index contributed by atoms with van der Waals surface area (Å²) in [4.78, 5) is 34.0. The molecule has 0 heterocycles. The van der Waals surface area contributed by atoms with Crippen LogP contribution >= 0.6 is 0 Å². The number of hydrogen-bond donors (Lipinski definition) is 2. The summed E-state index contributed by atoms with van der Waals surface area (Å²) in [5, 5.41) is 11.5. The number of hydrogen-bond acceptors (Lipinski definition) is 4. The molecule has 6 heteroatoms. The molecule has 1 amide bonds. The fraction of sp³-hybridized carbons (Fsp3) is 0.400. The number of carbonyl (C=O) groups excluding carboxylic acids is 2. The largest absolute Gasteiger partial charge is 0.480 e. The number of aryl methyl sites for hydroxylation is 1. The summed E-state index contributed by atoms with van der Waals surface area (Å²) in [6.07, 6.45) is 0.0451. The van der Waals surface area contributed by atoms with E-state index in [0.717, 1.165) is 11.1 Å². The molecule has 0 aromatic heterocycles. The quantitative estimate of drug-likeness (QED) is 0.733. The van der Waals surface area contributed by atoms with Crippen molar-refractivity contribution in [3.63, 3.8) is 0 Å². The van der Waals surface area contributed by atoms with Crippen molar-refractivity contribution in [3.05, 3.63) is 35.4 Å². The molecule has 0 unspecified atom stereocenters. The second-order valence-electron chi connectivity index (χ2n) is 4.74. The van der Waals surface area contributed by atoms with Crippen LogP contribution < -0.4 is 5.32 Å². The van der Waals surface area contributed by atoms with Gasteiger partial charge < -0.3 is 15.2 Å². The number of aliphatic carboxylic acids is 1. The lowest BCUT2D eigenvalue weighted by atomic mass is 10.1. The van der Waals surface area contributed by atoms with Gasteiger partial charge in [-0.1, -0.05) is 29.8 Å². The highest BCUT2D eigenvalue weighted by Gasteiger charge is 2.21. The van der Waals surface area contributed by atoms with Crippen LogP contribution in [0, 0.1) is 6.92 Å². The molecule has 1 rings (SSSR count).